The second-order valence-electron chi connectivity index (χ2n) is 8.96. The van der Waals surface area contributed by atoms with Crippen molar-refractivity contribution in [1.82, 2.24) is 0 Å². The Morgan fingerprint density at radius 1 is 1.18 bits per heavy atom. The highest BCUT2D eigenvalue weighted by Gasteiger charge is 2.25. The van der Waals surface area contributed by atoms with Crippen molar-refractivity contribution < 1.29 is 24.1 Å². The molecule has 1 heterocycles. The fraction of sp³-hybridized carbons (Fsp3) is 0.400. The molecule has 0 radical (unpaired) electrons. The number of thioether (sulfide) groups is 2. The fourth-order valence-electron chi connectivity index (χ4n) is 4.41. The summed E-state index contributed by atoms with van der Waals surface area (Å²) >= 11 is 3.27. The zero-order chi connectivity index (χ0) is 27.5. The molecule has 8 heteroatoms. The number of β-amino-alcohol motifs (C(OH)–C–C–N with tert-alkyl or cyclic N) is 1. The van der Waals surface area contributed by atoms with Crippen molar-refractivity contribution in [1.29, 1.82) is 0 Å². The predicted octanol–water partition coefficient (Wildman–Crippen LogP) is 7.31. The van der Waals surface area contributed by atoms with E-state index in [1.165, 1.54) is 0 Å². The minimum Gasteiger partial charge on any atom is -0.497 e. The lowest BCUT2D eigenvalue weighted by atomic mass is 9.92. The predicted molar refractivity (Wildman–Crippen MR) is 157 cm³/mol. The Morgan fingerprint density at radius 2 is 1.97 bits per heavy atom. The van der Waals surface area contributed by atoms with E-state index < -0.39 is 6.67 Å². The molecule has 0 fully saturated rings. The monoisotopic (exact) mass is 559 g/mol. The molecular formula is C30H38FNO4S2. The molecule has 3 rings (SSSR count). The first-order valence-electron chi connectivity index (χ1n) is 12.9. The Kier molecular flexibility index (Phi) is 12.1. The Hall–Kier alpha value is -2.39. The van der Waals surface area contributed by atoms with Crippen molar-refractivity contribution in [3.05, 3.63) is 76.2 Å². The van der Waals surface area contributed by atoms with Gasteiger partial charge in [0.15, 0.2) is 0 Å². The summed E-state index contributed by atoms with van der Waals surface area (Å²) < 4.78 is 23.6. The summed E-state index contributed by atoms with van der Waals surface area (Å²) in [6.45, 7) is 8.68. The highest BCUT2D eigenvalue weighted by atomic mass is 32.2. The van der Waals surface area contributed by atoms with Crippen molar-refractivity contribution in [2.45, 2.75) is 48.8 Å². The van der Waals surface area contributed by atoms with E-state index in [2.05, 4.69) is 30.6 Å². The van der Waals surface area contributed by atoms with E-state index in [-0.39, 0.29) is 25.7 Å². The molecule has 0 amide bonds. The number of methoxy groups -OCH3 is 1. The first kappa shape index (κ1) is 30.2. The van der Waals surface area contributed by atoms with Crippen LogP contribution < -0.4 is 14.4 Å². The number of rotatable bonds is 15. The third-order valence-corrected chi connectivity index (χ3v) is 8.30. The lowest BCUT2D eigenvalue weighted by Crippen LogP contribution is -2.21. The maximum absolute atomic E-state index is 12.7. The first-order chi connectivity index (χ1) is 18.4. The van der Waals surface area contributed by atoms with Crippen LogP contribution in [-0.2, 0) is 0 Å². The van der Waals surface area contributed by atoms with Gasteiger partial charge in [0.1, 0.15) is 24.8 Å². The molecule has 2 N–H and O–H groups in total. The van der Waals surface area contributed by atoms with Crippen LogP contribution in [-0.4, -0.2) is 50.4 Å². The lowest BCUT2D eigenvalue weighted by molar-refractivity contribution is 0.271. The molecule has 0 saturated heterocycles. The SMILES string of the molecule is C=C(C=C(C)C=C1Sc2ccc(OC)cc2N1CCO)Sc1ccc(OCCF)cc1C(CC)CCCO. The van der Waals surface area contributed by atoms with Crippen LogP contribution in [0.4, 0.5) is 10.1 Å². The van der Waals surface area contributed by atoms with Gasteiger partial charge in [-0.3, -0.25) is 0 Å². The molecule has 206 valence electrons. The summed E-state index contributed by atoms with van der Waals surface area (Å²) in [5.41, 5.74) is 3.21. The van der Waals surface area contributed by atoms with Crippen LogP contribution in [0.1, 0.15) is 44.6 Å². The van der Waals surface area contributed by atoms with Crippen molar-refractivity contribution in [2.24, 2.45) is 0 Å². The quantitative estimate of drug-likeness (QED) is 0.175. The summed E-state index contributed by atoms with van der Waals surface area (Å²) in [6, 6.07) is 11.9. The van der Waals surface area contributed by atoms with Crippen LogP contribution in [0.3, 0.4) is 0 Å². The molecule has 0 aromatic heterocycles. The summed E-state index contributed by atoms with van der Waals surface area (Å²) in [5, 5.41) is 20.1. The third kappa shape index (κ3) is 8.06. The molecular weight excluding hydrogens is 521 g/mol. The van der Waals surface area contributed by atoms with Crippen LogP contribution in [0.15, 0.2) is 80.4 Å². The first-order valence-corrected chi connectivity index (χ1v) is 14.5. The van der Waals surface area contributed by atoms with Gasteiger partial charge in [-0.25, -0.2) is 4.39 Å². The molecule has 0 spiro atoms. The minimum atomic E-state index is -0.531. The Bertz CT molecular complexity index is 1150. The van der Waals surface area contributed by atoms with E-state index in [1.807, 2.05) is 43.3 Å². The van der Waals surface area contributed by atoms with Crippen LogP contribution in [0.2, 0.25) is 0 Å². The smallest absolute Gasteiger partial charge is 0.123 e. The van der Waals surface area contributed by atoms with E-state index in [9.17, 15) is 14.6 Å². The molecule has 0 bridgehead atoms. The number of aliphatic hydroxyl groups is 2. The summed E-state index contributed by atoms with van der Waals surface area (Å²) in [6.07, 6.45) is 6.69. The van der Waals surface area contributed by atoms with Gasteiger partial charge in [-0.1, -0.05) is 37.0 Å². The molecule has 1 aliphatic rings. The van der Waals surface area contributed by atoms with E-state index in [4.69, 9.17) is 9.47 Å². The van der Waals surface area contributed by atoms with Gasteiger partial charge < -0.3 is 24.6 Å². The summed E-state index contributed by atoms with van der Waals surface area (Å²) in [7, 11) is 1.65. The topological polar surface area (TPSA) is 62.2 Å². The lowest BCUT2D eigenvalue weighted by Gasteiger charge is -2.20. The maximum atomic E-state index is 12.7. The maximum Gasteiger partial charge on any atom is 0.123 e. The van der Waals surface area contributed by atoms with Crippen molar-refractivity contribution in [3.63, 3.8) is 0 Å². The minimum absolute atomic E-state index is 0.0324. The van der Waals surface area contributed by atoms with Gasteiger partial charge >= 0.3 is 0 Å². The van der Waals surface area contributed by atoms with Gasteiger partial charge in [-0.05, 0) is 85.7 Å². The van der Waals surface area contributed by atoms with Gasteiger partial charge in [0.2, 0.25) is 0 Å². The molecule has 2 aromatic carbocycles. The Labute approximate surface area is 234 Å². The molecule has 1 unspecified atom stereocenters. The van der Waals surface area contributed by atoms with Gasteiger partial charge in [0.25, 0.3) is 0 Å². The van der Waals surface area contributed by atoms with Gasteiger partial charge in [0, 0.05) is 33.9 Å². The third-order valence-electron chi connectivity index (χ3n) is 6.21. The number of aliphatic hydroxyl groups excluding tert-OH is 2. The highest BCUT2D eigenvalue weighted by molar-refractivity contribution is 8.03. The van der Waals surface area contributed by atoms with Crippen molar-refractivity contribution in [2.75, 3.05) is 45.0 Å². The molecule has 38 heavy (non-hydrogen) atoms. The molecule has 1 aliphatic heterocycles. The van der Waals surface area contributed by atoms with Crippen molar-refractivity contribution >= 4 is 29.2 Å². The highest BCUT2D eigenvalue weighted by Crippen LogP contribution is 2.47. The Morgan fingerprint density at radius 3 is 2.66 bits per heavy atom. The Balaban J connectivity index is 1.82. The van der Waals surface area contributed by atoms with Gasteiger partial charge in [-0.2, -0.15) is 0 Å². The normalized spacial score (nSPS) is 15.1. The number of nitrogens with zero attached hydrogens (tertiary/aromatic N) is 1. The zero-order valence-electron chi connectivity index (χ0n) is 22.4. The second-order valence-corrected chi connectivity index (χ2v) is 11.2. The zero-order valence-corrected chi connectivity index (χ0v) is 24.0. The van der Waals surface area contributed by atoms with Crippen molar-refractivity contribution in [3.8, 4) is 11.5 Å². The standard InChI is InChI=1S/C30H38FNO4S2/c1-5-23(7-6-14-33)26-19-25(36-16-12-31)9-10-28(26)37-22(3)17-21(2)18-30-32(13-15-34)27-20-24(35-4)8-11-29(27)38-30/h8-11,17-20,23,33-34H,3,5-7,12-16H2,1-2,4H3. The van der Waals surface area contributed by atoms with Gasteiger partial charge in [-0.15, -0.1) is 0 Å². The number of fused-ring (bicyclic) bond motifs is 1. The number of hydrogen-bond donors (Lipinski definition) is 2. The second kappa shape index (κ2) is 15.3. The molecule has 0 saturated carbocycles. The number of alkyl halides is 1. The van der Waals surface area contributed by atoms with Crippen LogP contribution >= 0.6 is 23.5 Å². The average molecular weight is 560 g/mol. The van der Waals surface area contributed by atoms with E-state index in [0.29, 0.717) is 12.3 Å². The van der Waals surface area contributed by atoms with E-state index in [1.54, 1.807) is 30.6 Å². The van der Waals surface area contributed by atoms with Crippen LogP contribution in [0.5, 0.6) is 11.5 Å². The number of anilines is 1. The van der Waals surface area contributed by atoms with E-state index >= 15 is 0 Å². The molecule has 0 aliphatic carbocycles. The van der Waals surface area contributed by atoms with E-state index in [0.717, 1.165) is 61.6 Å². The number of benzene rings is 2. The molecule has 2 aromatic rings. The number of allylic oxidation sites excluding steroid dienone is 3. The molecule has 1 atom stereocenters. The van der Waals surface area contributed by atoms with Crippen LogP contribution in [0, 0.1) is 0 Å². The number of halogens is 1. The largest absolute Gasteiger partial charge is 0.497 e. The van der Waals surface area contributed by atoms with Gasteiger partial charge in [0.05, 0.1) is 24.4 Å². The number of hydrogen-bond acceptors (Lipinski definition) is 7. The molecule has 5 nitrogen and oxygen atoms in total. The number of ether oxygens (including phenoxy) is 2. The summed E-state index contributed by atoms with van der Waals surface area (Å²) in [4.78, 5) is 5.21. The average Bonchev–Trinajstić information content (AvgIpc) is 3.24. The summed E-state index contributed by atoms with van der Waals surface area (Å²) in [5.74, 6) is 1.70. The fourth-order valence-corrected chi connectivity index (χ4v) is 6.60. The van der Waals surface area contributed by atoms with Crippen LogP contribution in [0.25, 0.3) is 0 Å².